The summed E-state index contributed by atoms with van der Waals surface area (Å²) >= 11 is 0. The van der Waals surface area contributed by atoms with Crippen molar-refractivity contribution in [2.45, 2.75) is 19.1 Å². The summed E-state index contributed by atoms with van der Waals surface area (Å²) in [6, 6.07) is 14.3. The molecule has 2 amide bonds. The van der Waals surface area contributed by atoms with Crippen molar-refractivity contribution in [1.82, 2.24) is 9.78 Å². The van der Waals surface area contributed by atoms with E-state index in [9.17, 15) is 27.6 Å². The molecule has 0 unspecified atom stereocenters. The predicted octanol–water partition coefficient (Wildman–Crippen LogP) is 3.10. The lowest BCUT2D eigenvalue weighted by molar-refractivity contribution is -0.137. The van der Waals surface area contributed by atoms with Crippen LogP contribution in [0.15, 0.2) is 65.5 Å². The number of benzene rings is 2. The van der Waals surface area contributed by atoms with E-state index in [1.165, 1.54) is 23.1 Å². The van der Waals surface area contributed by atoms with E-state index in [4.69, 9.17) is 0 Å². The predicted molar refractivity (Wildman–Crippen MR) is 110 cm³/mol. The van der Waals surface area contributed by atoms with Gasteiger partial charge in [0.2, 0.25) is 5.91 Å². The lowest BCUT2D eigenvalue weighted by atomic mass is 10.1. The van der Waals surface area contributed by atoms with Crippen molar-refractivity contribution < 1.29 is 22.8 Å². The van der Waals surface area contributed by atoms with Gasteiger partial charge in [0.1, 0.15) is 12.2 Å². The van der Waals surface area contributed by atoms with Gasteiger partial charge in [-0.15, -0.1) is 0 Å². The Hall–Kier alpha value is -3.95. The molecule has 0 atom stereocenters. The molecule has 2 heterocycles. The number of fused-ring (bicyclic) bond motifs is 1. The Kier molecular flexibility index (Phi) is 5.52. The maximum absolute atomic E-state index is 13.1. The minimum absolute atomic E-state index is 0.0511. The first kappa shape index (κ1) is 21.3. The topological polar surface area (TPSA) is 84.3 Å². The van der Waals surface area contributed by atoms with Crippen LogP contribution in [0.4, 0.5) is 24.5 Å². The second-order valence-electron chi connectivity index (χ2n) is 7.14. The molecule has 0 bridgehead atoms. The molecule has 3 aromatic rings. The first-order valence-electron chi connectivity index (χ1n) is 9.68. The van der Waals surface area contributed by atoms with Crippen LogP contribution in [-0.2, 0) is 23.9 Å². The number of hydrogen-bond acceptors (Lipinski definition) is 4. The number of nitrogens with zero attached hydrogens (tertiary/aromatic N) is 3. The number of hydrogen-bond donors (Lipinski definition) is 1. The molecule has 0 aliphatic carbocycles. The standard InChI is InChI=1S/C22H17F3N4O3/c23-22(24,25)15-6-2-3-7-16(15)26-19(30)13-29-20(31)10-9-17(27-29)21(32)28-12-11-14-5-1-4-8-18(14)28/h1-10H,11-13H2,(H,26,30). The highest BCUT2D eigenvalue weighted by Gasteiger charge is 2.33. The summed E-state index contributed by atoms with van der Waals surface area (Å²) in [7, 11) is 0. The fraction of sp³-hybridized carbons (Fsp3) is 0.182. The van der Waals surface area contributed by atoms with Gasteiger partial charge >= 0.3 is 6.18 Å². The lowest BCUT2D eigenvalue weighted by Crippen LogP contribution is -2.34. The molecule has 7 nitrogen and oxygen atoms in total. The molecule has 4 rings (SSSR count). The number of carbonyl (C=O) groups is 2. The number of nitrogens with one attached hydrogen (secondary N) is 1. The van der Waals surface area contributed by atoms with Gasteiger partial charge in [-0.25, -0.2) is 4.68 Å². The minimum Gasteiger partial charge on any atom is -0.324 e. The fourth-order valence-electron chi connectivity index (χ4n) is 3.53. The number of aromatic nitrogens is 2. The van der Waals surface area contributed by atoms with Crippen LogP contribution < -0.4 is 15.8 Å². The number of carbonyl (C=O) groups excluding carboxylic acids is 2. The highest BCUT2D eigenvalue weighted by atomic mass is 19.4. The van der Waals surface area contributed by atoms with Gasteiger partial charge in [-0.05, 0) is 36.2 Å². The molecule has 0 saturated heterocycles. The van der Waals surface area contributed by atoms with Crippen LogP contribution in [0.5, 0.6) is 0 Å². The smallest absolute Gasteiger partial charge is 0.324 e. The summed E-state index contributed by atoms with van der Waals surface area (Å²) in [5.41, 5.74) is -0.396. The van der Waals surface area contributed by atoms with E-state index < -0.39 is 41.3 Å². The molecule has 32 heavy (non-hydrogen) atoms. The van der Waals surface area contributed by atoms with E-state index >= 15 is 0 Å². The van der Waals surface area contributed by atoms with E-state index in [2.05, 4.69) is 10.4 Å². The number of anilines is 2. The summed E-state index contributed by atoms with van der Waals surface area (Å²) in [6.45, 7) is -0.198. The molecule has 2 aromatic carbocycles. The first-order chi connectivity index (χ1) is 15.2. The van der Waals surface area contributed by atoms with Gasteiger partial charge < -0.3 is 10.2 Å². The van der Waals surface area contributed by atoms with Crippen molar-refractivity contribution in [1.29, 1.82) is 0 Å². The van der Waals surface area contributed by atoms with E-state index in [1.54, 1.807) is 0 Å². The van der Waals surface area contributed by atoms with Crippen molar-refractivity contribution in [3.8, 4) is 0 Å². The van der Waals surface area contributed by atoms with Gasteiger partial charge in [0.15, 0.2) is 0 Å². The third kappa shape index (κ3) is 4.25. The molecule has 1 aliphatic rings. The van der Waals surface area contributed by atoms with Gasteiger partial charge in [-0.1, -0.05) is 30.3 Å². The number of alkyl halides is 3. The Morgan fingerprint density at radius 3 is 2.50 bits per heavy atom. The van der Waals surface area contributed by atoms with E-state index in [-0.39, 0.29) is 5.69 Å². The Labute approximate surface area is 180 Å². The molecule has 164 valence electrons. The van der Waals surface area contributed by atoms with Crippen LogP contribution in [0, 0.1) is 0 Å². The van der Waals surface area contributed by atoms with Gasteiger partial charge in [0.25, 0.3) is 11.5 Å². The average Bonchev–Trinajstić information content (AvgIpc) is 3.18. The first-order valence-corrected chi connectivity index (χ1v) is 9.68. The normalized spacial score (nSPS) is 13.0. The van der Waals surface area contributed by atoms with Crippen LogP contribution in [0.25, 0.3) is 0 Å². The molecule has 1 N–H and O–H groups in total. The second-order valence-corrected chi connectivity index (χ2v) is 7.14. The number of para-hydroxylation sites is 2. The highest BCUT2D eigenvalue weighted by Crippen LogP contribution is 2.34. The molecule has 10 heteroatoms. The molecule has 0 saturated carbocycles. The van der Waals surface area contributed by atoms with Gasteiger partial charge in [0, 0.05) is 18.3 Å². The number of amides is 2. The van der Waals surface area contributed by atoms with E-state index in [0.29, 0.717) is 13.0 Å². The zero-order valence-corrected chi connectivity index (χ0v) is 16.6. The zero-order chi connectivity index (χ0) is 22.9. The number of rotatable bonds is 4. The van der Waals surface area contributed by atoms with Crippen LogP contribution in [0.3, 0.4) is 0 Å². The quantitative estimate of drug-likeness (QED) is 0.673. The number of halogens is 3. The Morgan fingerprint density at radius 2 is 1.72 bits per heavy atom. The summed E-state index contributed by atoms with van der Waals surface area (Å²) in [6.07, 6.45) is -3.97. The molecule has 0 fully saturated rings. The Balaban J connectivity index is 1.54. The van der Waals surface area contributed by atoms with Crippen molar-refractivity contribution in [2.24, 2.45) is 0 Å². The summed E-state index contributed by atoms with van der Waals surface area (Å²) in [4.78, 5) is 38.9. The third-order valence-electron chi connectivity index (χ3n) is 5.02. The Bertz CT molecular complexity index is 1250. The monoisotopic (exact) mass is 442 g/mol. The van der Waals surface area contributed by atoms with E-state index in [0.717, 1.165) is 34.1 Å². The van der Waals surface area contributed by atoms with Crippen molar-refractivity contribution in [2.75, 3.05) is 16.8 Å². The molecule has 1 aromatic heterocycles. The second kappa shape index (κ2) is 8.29. The Morgan fingerprint density at radius 1 is 1.00 bits per heavy atom. The van der Waals surface area contributed by atoms with Crippen molar-refractivity contribution in [3.05, 3.63) is 87.8 Å². The van der Waals surface area contributed by atoms with Crippen molar-refractivity contribution in [3.63, 3.8) is 0 Å². The fourth-order valence-corrected chi connectivity index (χ4v) is 3.53. The summed E-state index contributed by atoms with van der Waals surface area (Å²) < 4.78 is 40.1. The molecule has 0 spiro atoms. The third-order valence-corrected chi connectivity index (χ3v) is 5.02. The maximum Gasteiger partial charge on any atom is 0.418 e. The average molecular weight is 442 g/mol. The van der Waals surface area contributed by atoms with Crippen LogP contribution in [0.2, 0.25) is 0 Å². The van der Waals surface area contributed by atoms with Gasteiger partial charge in [-0.3, -0.25) is 14.4 Å². The summed E-state index contributed by atoms with van der Waals surface area (Å²) in [5, 5.41) is 6.13. The molecule has 1 aliphatic heterocycles. The minimum atomic E-state index is -4.66. The van der Waals surface area contributed by atoms with Crippen LogP contribution in [0.1, 0.15) is 21.6 Å². The SMILES string of the molecule is O=C(Cn1nc(C(=O)N2CCc3ccccc32)ccc1=O)Nc1ccccc1C(F)(F)F. The zero-order valence-electron chi connectivity index (χ0n) is 16.6. The van der Waals surface area contributed by atoms with Crippen LogP contribution in [-0.4, -0.2) is 28.1 Å². The molecular formula is C22H17F3N4O3. The van der Waals surface area contributed by atoms with Crippen LogP contribution >= 0.6 is 0 Å². The molecular weight excluding hydrogens is 425 g/mol. The van der Waals surface area contributed by atoms with E-state index in [1.807, 2.05) is 24.3 Å². The largest absolute Gasteiger partial charge is 0.418 e. The van der Waals surface area contributed by atoms with Gasteiger partial charge in [-0.2, -0.15) is 18.3 Å². The maximum atomic E-state index is 13.1. The van der Waals surface area contributed by atoms with Crippen molar-refractivity contribution >= 4 is 23.2 Å². The summed E-state index contributed by atoms with van der Waals surface area (Å²) in [5.74, 6) is -1.32. The molecule has 0 radical (unpaired) electrons. The lowest BCUT2D eigenvalue weighted by Gasteiger charge is -2.17. The van der Waals surface area contributed by atoms with Gasteiger partial charge in [0.05, 0.1) is 11.3 Å². The highest BCUT2D eigenvalue weighted by molar-refractivity contribution is 6.06.